The van der Waals surface area contributed by atoms with E-state index in [1.54, 1.807) is 24.3 Å². The third kappa shape index (κ3) is 4.51. The fourth-order valence-electron chi connectivity index (χ4n) is 3.69. The number of carbonyl (C=O) groups excluding carboxylic acids is 2. The van der Waals surface area contributed by atoms with Gasteiger partial charge in [-0.2, -0.15) is 0 Å². The second kappa shape index (κ2) is 8.82. The number of aromatic nitrogens is 1. The van der Waals surface area contributed by atoms with Gasteiger partial charge in [-0.3, -0.25) is 9.59 Å². The molecule has 0 bridgehead atoms. The molecule has 0 atom stereocenters. The lowest BCUT2D eigenvalue weighted by Crippen LogP contribution is -2.29. The van der Waals surface area contributed by atoms with E-state index in [9.17, 15) is 14.4 Å². The third-order valence-electron chi connectivity index (χ3n) is 5.18. The highest BCUT2D eigenvalue weighted by Crippen LogP contribution is 2.22. The molecule has 1 aromatic heterocycles. The van der Waals surface area contributed by atoms with Crippen molar-refractivity contribution in [2.45, 2.75) is 19.3 Å². The van der Waals surface area contributed by atoms with Crippen LogP contribution < -0.4 is 15.8 Å². The predicted molar refractivity (Wildman–Crippen MR) is 116 cm³/mol. The van der Waals surface area contributed by atoms with E-state index >= 15 is 0 Å². The van der Waals surface area contributed by atoms with Gasteiger partial charge in [0.15, 0.2) is 6.61 Å². The highest BCUT2D eigenvalue weighted by atomic mass is 16.5. The molecule has 1 fully saturated rings. The molecule has 30 heavy (non-hydrogen) atoms. The molecule has 1 aliphatic heterocycles. The summed E-state index contributed by atoms with van der Waals surface area (Å²) in [5.74, 6) is -1.16. The molecule has 2 heterocycles. The van der Waals surface area contributed by atoms with Crippen molar-refractivity contribution in [3.8, 4) is 0 Å². The zero-order chi connectivity index (χ0) is 20.9. The summed E-state index contributed by atoms with van der Waals surface area (Å²) >= 11 is 0. The Labute approximate surface area is 173 Å². The normalized spacial score (nSPS) is 13.8. The molecule has 7 heteroatoms. The van der Waals surface area contributed by atoms with Crippen molar-refractivity contribution in [2.24, 2.45) is 0 Å². The predicted octanol–water partition coefficient (Wildman–Crippen LogP) is 3.31. The number of piperidine rings is 1. The summed E-state index contributed by atoms with van der Waals surface area (Å²) < 4.78 is 5.13. The minimum absolute atomic E-state index is 0.132. The second-order valence-corrected chi connectivity index (χ2v) is 7.31. The summed E-state index contributed by atoms with van der Waals surface area (Å²) in [5, 5.41) is 3.29. The lowest BCUT2D eigenvalue weighted by Gasteiger charge is -2.28. The van der Waals surface area contributed by atoms with E-state index in [0.29, 0.717) is 16.6 Å². The van der Waals surface area contributed by atoms with Gasteiger partial charge in [-0.1, -0.05) is 18.2 Å². The van der Waals surface area contributed by atoms with Crippen molar-refractivity contribution in [1.82, 2.24) is 4.98 Å². The number of rotatable bonds is 5. The first-order chi connectivity index (χ1) is 14.6. The van der Waals surface area contributed by atoms with Crippen LogP contribution in [0.4, 0.5) is 11.4 Å². The molecule has 1 saturated heterocycles. The number of benzene rings is 2. The van der Waals surface area contributed by atoms with Gasteiger partial charge < -0.3 is 19.9 Å². The van der Waals surface area contributed by atoms with Gasteiger partial charge >= 0.3 is 5.97 Å². The van der Waals surface area contributed by atoms with Crippen LogP contribution in [0, 0.1) is 0 Å². The van der Waals surface area contributed by atoms with Crippen LogP contribution in [0.5, 0.6) is 0 Å². The molecule has 2 aromatic carbocycles. The summed E-state index contributed by atoms with van der Waals surface area (Å²) in [6.07, 6.45) is 3.68. The number of pyridine rings is 1. The van der Waals surface area contributed by atoms with Crippen molar-refractivity contribution in [3.05, 3.63) is 70.5 Å². The fourth-order valence-corrected chi connectivity index (χ4v) is 3.69. The molecule has 0 spiro atoms. The molecule has 1 aliphatic rings. The van der Waals surface area contributed by atoms with Gasteiger partial charge in [0.05, 0.1) is 5.56 Å². The lowest BCUT2D eigenvalue weighted by molar-refractivity contribution is -0.119. The first-order valence-corrected chi connectivity index (χ1v) is 10.0. The molecule has 2 N–H and O–H groups in total. The number of hydrogen-bond acceptors (Lipinski definition) is 5. The molecule has 154 valence electrons. The molecule has 0 unspecified atom stereocenters. The molecule has 0 aliphatic carbocycles. The molecule has 7 nitrogen and oxygen atoms in total. The summed E-state index contributed by atoms with van der Waals surface area (Å²) in [6.45, 7) is 1.67. The number of anilines is 2. The standard InChI is InChI=1S/C23H23N3O4/c27-21-14-19(18-6-2-3-7-20(18)25-21)23(29)30-15-22(28)24-16-8-10-17(11-9-16)26-12-4-1-5-13-26/h2-3,6-11,14H,1,4-5,12-13,15H2,(H,24,28)(H,25,27). The van der Waals surface area contributed by atoms with Crippen LogP contribution in [-0.2, 0) is 9.53 Å². The van der Waals surface area contributed by atoms with E-state index in [1.807, 2.05) is 24.3 Å². The van der Waals surface area contributed by atoms with Crippen molar-refractivity contribution in [1.29, 1.82) is 0 Å². The maximum Gasteiger partial charge on any atom is 0.339 e. The highest BCUT2D eigenvalue weighted by molar-refractivity contribution is 6.04. The van der Waals surface area contributed by atoms with E-state index in [4.69, 9.17) is 4.74 Å². The van der Waals surface area contributed by atoms with Crippen LogP contribution in [0.3, 0.4) is 0 Å². The number of carbonyl (C=O) groups is 2. The number of esters is 1. The molecule has 3 aromatic rings. The zero-order valence-electron chi connectivity index (χ0n) is 16.5. The number of fused-ring (bicyclic) bond motifs is 1. The second-order valence-electron chi connectivity index (χ2n) is 7.31. The van der Waals surface area contributed by atoms with Crippen molar-refractivity contribution in [3.63, 3.8) is 0 Å². The number of nitrogens with one attached hydrogen (secondary N) is 2. The minimum atomic E-state index is -0.715. The number of nitrogens with zero attached hydrogens (tertiary/aromatic N) is 1. The topological polar surface area (TPSA) is 91.5 Å². The Balaban J connectivity index is 1.36. The molecular formula is C23H23N3O4. The average molecular weight is 405 g/mol. The smallest absolute Gasteiger partial charge is 0.339 e. The van der Waals surface area contributed by atoms with Gasteiger partial charge in [-0.05, 0) is 49.6 Å². The Bertz CT molecular complexity index is 1120. The van der Waals surface area contributed by atoms with Crippen LogP contribution in [0.2, 0.25) is 0 Å². The Morgan fingerprint density at radius 2 is 1.73 bits per heavy atom. The summed E-state index contributed by atoms with van der Waals surface area (Å²) in [5.41, 5.74) is 2.04. The third-order valence-corrected chi connectivity index (χ3v) is 5.18. The van der Waals surface area contributed by atoms with E-state index in [-0.39, 0.29) is 5.56 Å². The molecular weight excluding hydrogens is 382 g/mol. The first-order valence-electron chi connectivity index (χ1n) is 10.0. The summed E-state index contributed by atoms with van der Waals surface area (Å²) in [4.78, 5) is 41.4. The van der Waals surface area contributed by atoms with Crippen molar-refractivity contribution >= 4 is 34.2 Å². The lowest BCUT2D eigenvalue weighted by atomic mass is 10.1. The van der Waals surface area contributed by atoms with Crippen LogP contribution >= 0.6 is 0 Å². The van der Waals surface area contributed by atoms with Crippen molar-refractivity contribution < 1.29 is 14.3 Å². The number of para-hydroxylation sites is 1. The van der Waals surface area contributed by atoms with Gasteiger partial charge in [0, 0.05) is 41.4 Å². The SMILES string of the molecule is O=C(COC(=O)c1cc(=O)[nH]c2ccccc12)Nc1ccc(N2CCCCC2)cc1. The Morgan fingerprint density at radius 3 is 2.50 bits per heavy atom. The van der Waals surface area contributed by atoms with E-state index < -0.39 is 24.0 Å². The largest absolute Gasteiger partial charge is 0.452 e. The molecule has 0 saturated carbocycles. The van der Waals surface area contributed by atoms with Crippen LogP contribution in [0.15, 0.2) is 59.4 Å². The number of aromatic amines is 1. The summed E-state index contributed by atoms with van der Waals surface area (Å²) in [7, 11) is 0. The minimum Gasteiger partial charge on any atom is -0.452 e. The number of H-pyrrole nitrogens is 1. The number of hydrogen-bond donors (Lipinski definition) is 2. The Hall–Kier alpha value is -3.61. The van der Waals surface area contributed by atoms with Crippen molar-refractivity contribution in [2.75, 3.05) is 29.9 Å². The first kappa shape index (κ1) is 19.7. The van der Waals surface area contributed by atoms with E-state index in [0.717, 1.165) is 18.8 Å². The molecule has 4 rings (SSSR count). The zero-order valence-corrected chi connectivity index (χ0v) is 16.5. The quantitative estimate of drug-likeness (QED) is 0.636. The Morgan fingerprint density at radius 1 is 1.00 bits per heavy atom. The Kier molecular flexibility index (Phi) is 5.79. The average Bonchev–Trinajstić information content (AvgIpc) is 2.78. The number of ether oxygens (including phenoxy) is 1. The maximum atomic E-state index is 12.4. The van der Waals surface area contributed by atoms with Gasteiger partial charge in [0.25, 0.3) is 5.91 Å². The van der Waals surface area contributed by atoms with E-state index in [2.05, 4.69) is 15.2 Å². The maximum absolute atomic E-state index is 12.4. The van der Waals surface area contributed by atoms with Crippen LogP contribution in [0.1, 0.15) is 29.6 Å². The van der Waals surface area contributed by atoms with Gasteiger partial charge in [0.1, 0.15) is 0 Å². The van der Waals surface area contributed by atoms with Gasteiger partial charge in [-0.15, -0.1) is 0 Å². The summed E-state index contributed by atoms with van der Waals surface area (Å²) in [6, 6.07) is 15.8. The highest BCUT2D eigenvalue weighted by Gasteiger charge is 2.15. The molecule has 0 radical (unpaired) electrons. The fraction of sp³-hybridized carbons (Fsp3) is 0.261. The van der Waals surface area contributed by atoms with Crippen LogP contribution in [-0.4, -0.2) is 36.6 Å². The molecule has 1 amide bonds. The number of amides is 1. The van der Waals surface area contributed by atoms with Gasteiger partial charge in [-0.25, -0.2) is 4.79 Å². The van der Waals surface area contributed by atoms with Gasteiger partial charge in [0.2, 0.25) is 5.56 Å². The van der Waals surface area contributed by atoms with E-state index in [1.165, 1.54) is 25.3 Å². The monoisotopic (exact) mass is 405 g/mol. The van der Waals surface area contributed by atoms with Crippen LogP contribution in [0.25, 0.3) is 10.9 Å².